The highest BCUT2D eigenvalue weighted by Crippen LogP contribution is 2.26. The number of benzene rings is 3. The second-order valence-electron chi connectivity index (χ2n) is 10.6. The van der Waals surface area contributed by atoms with E-state index in [1.54, 1.807) is 0 Å². The highest BCUT2D eigenvalue weighted by atomic mass is 35.5. The van der Waals surface area contributed by atoms with Crippen LogP contribution in [0.15, 0.2) is 77.7 Å². The number of hydrogen-bond donors (Lipinski definition) is 0. The van der Waals surface area contributed by atoms with Gasteiger partial charge >= 0.3 is 0 Å². The van der Waals surface area contributed by atoms with E-state index in [0.29, 0.717) is 10.8 Å². The van der Waals surface area contributed by atoms with E-state index < -0.39 is 9.84 Å². The molecule has 212 valence electrons. The summed E-state index contributed by atoms with van der Waals surface area (Å²) in [5.74, 6) is 0.719. The van der Waals surface area contributed by atoms with Gasteiger partial charge < -0.3 is 0 Å². The third-order valence-electron chi connectivity index (χ3n) is 8.00. The molecule has 1 saturated heterocycles. The molecule has 0 spiro atoms. The van der Waals surface area contributed by atoms with Crippen LogP contribution in [0.25, 0.3) is 0 Å². The SMILES string of the molecule is Cl.Cl.O=S(=O)(CCC1CCN(Cc2ccc(Cl)cc2)CC1)c1ccc2c(c1)CCN(Cc1ccccc1)CC2. The van der Waals surface area contributed by atoms with Crippen LogP contribution in [0.5, 0.6) is 0 Å². The van der Waals surface area contributed by atoms with Crippen molar-refractivity contribution in [1.29, 1.82) is 0 Å². The molecule has 0 saturated carbocycles. The van der Waals surface area contributed by atoms with Crippen LogP contribution in [0.3, 0.4) is 0 Å². The van der Waals surface area contributed by atoms with Crippen LogP contribution in [0.4, 0.5) is 0 Å². The quantitative estimate of drug-likeness (QED) is 0.280. The molecule has 39 heavy (non-hydrogen) atoms. The third-order valence-corrected chi connectivity index (χ3v) is 10.00. The van der Waals surface area contributed by atoms with Gasteiger partial charge in [-0.3, -0.25) is 9.80 Å². The fourth-order valence-electron chi connectivity index (χ4n) is 5.66. The average Bonchev–Trinajstić information content (AvgIpc) is 3.12. The first-order chi connectivity index (χ1) is 17.9. The van der Waals surface area contributed by atoms with Crippen LogP contribution in [0, 0.1) is 5.92 Å². The largest absolute Gasteiger partial charge is 0.299 e. The van der Waals surface area contributed by atoms with E-state index in [1.807, 2.05) is 24.3 Å². The molecule has 5 rings (SSSR count). The van der Waals surface area contributed by atoms with Crippen LogP contribution < -0.4 is 0 Å². The summed E-state index contributed by atoms with van der Waals surface area (Å²) < 4.78 is 26.5. The molecule has 0 atom stereocenters. The Morgan fingerprint density at radius 3 is 1.97 bits per heavy atom. The minimum absolute atomic E-state index is 0. The Balaban J connectivity index is 0.00000210. The van der Waals surface area contributed by atoms with Crippen molar-refractivity contribution in [3.63, 3.8) is 0 Å². The molecule has 4 nitrogen and oxygen atoms in total. The molecule has 3 aromatic carbocycles. The van der Waals surface area contributed by atoms with Gasteiger partial charge in [-0.15, -0.1) is 24.8 Å². The van der Waals surface area contributed by atoms with Gasteiger partial charge in [-0.05, 0) is 97.6 Å². The number of hydrogen-bond acceptors (Lipinski definition) is 4. The smallest absolute Gasteiger partial charge is 0.178 e. The summed E-state index contributed by atoms with van der Waals surface area (Å²) >= 11 is 6.00. The Bertz CT molecular complexity index is 1280. The molecule has 1 fully saturated rings. The Kier molecular flexibility index (Phi) is 12.2. The Morgan fingerprint density at radius 2 is 1.31 bits per heavy atom. The highest BCUT2D eigenvalue weighted by Gasteiger charge is 2.24. The van der Waals surface area contributed by atoms with Crippen LogP contribution in [-0.2, 0) is 35.8 Å². The van der Waals surface area contributed by atoms with Gasteiger partial charge in [0.1, 0.15) is 0 Å². The lowest BCUT2D eigenvalue weighted by molar-refractivity contribution is 0.175. The van der Waals surface area contributed by atoms with E-state index in [2.05, 4.69) is 58.3 Å². The van der Waals surface area contributed by atoms with E-state index in [9.17, 15) is 8.42 Å². The number of likely N-dealkylation sites (tertiary alicyclic amines) is 1. The van der Waals surface area contributed by atoms with Crippen molar-refractivity contribution < 1.29 is 8.42 Å². The summed E-state index contributed by atoms with van der Waals surface area (Å²) in [6.07, 6.45) is 4.74. The van der Waals surface area contributed by atoms with E-state index in [4.69, 9.17) is 11.6 Å². The summed E-state index contributed by atoms with van der Waals surface area (Å²) in [5.41, 5.74) is 5.10. The topological polar surface area (TPSA) is 40.6 Å². The molecule has 0 aromatic heterocycles. The maximum Gasteiger partial charge on any atom is 0.178 e. The molecule has 8 heteroatoms. The van der Waals surface area contributed by atoms with Gasteiger partial charge in [-0.2, -0.15) is 0 Å². The first-order valence-corrected chi connectivity index (χ1v) is 15.6. The minimum atomic E-state index is -3.27. The van der Waals surface area contributed by atoms with Crippen molar-refractivity contribution in [3.8, 4) is 0 Å². The second kappa shape index (κ2) is 14.9. The lowest BCUT2D eigenvalue weighted by Gasteiger charge is -2.32. The molecule has 3 aromatic rings. The average molecular weight is 610 g/mol. The predicted molar refractivity (Wildman–Crippen MR) is 166 cm³/mol. The van der Waals surface area contributed by atoms with Crippen LogP contribution in [-0.4, -0.2) is 50.1 Å². The van der Waals surface area contributed by atoms with Gasteiger partial charge in [0.2, 0.25) is 0 Å². The lowest BCUT2D eigenvalue weighted by Crippen LogP contribution is -2.33. The van der Waals surface area contributed by atoms with Crippen LogP contribution in [0.1, 0.15) is 41.5 Å². The van der Waals surface area contributed by atoms with Gasteiger partial charge in [0.05, 0.1) is 10.6 Å². The molecular formula is C31H39Cl3N2O2S. The first-order valence-electron chi connectivity index (χ1n) is 13.5. The second-order valence-corrected chi connectivity index (χ2v) is 13.2. The van der Waals surface area contributed by atoms with Crippen LogP contribution in [0.2, 0.25) is 5.02 Å². The Labute approximate surface area is 251 Å². The summed E-state index contributed by atoms with van der Waals surface area (Å²) in [6, 6.07) is 24.5. The zero-order valence-corrected chi connectivity index (χ0v) is 25.5. The number of halogens is 3. The fourth-order valence-corrected chi connectivity index (χ4v) is 7.26. The van der Waals surface area contributed by atoms with Crippen molar-refractivity contribution in [2.45, 2.75) is 50.1 Å². The van der Waals surface area contributed by atoms with Crippen molar-refractivity contribution in [1.82, 2.24) is 9.80 Å². The van der Waals surface area contributed by atoms with E-state index >= 15 is 0 Å². The van der Waals surface area contributed by atoms with Crippen molar-refractivity contribution >= 4 is 46.3 Å². The predicted octanol–water partition coefficient (Wildman–Crippen LogP) is 6.86. The van der Waals surface area contributed by atoms with Gasteiger partial charge in [0, 0.05) is 31.2 Å². The Morgan fingerprint density at radius 1 is 0.718 bits per heavy atom. The molecule has 0 aliphatic carbocycles. The number of nitrogens with zero attached hydrogens (tertiary/aromatic N) is 2. The zero-order valence-electron chi connectivity index (χ0n) is 22.3. The van der Waals surface area contributed by atoms with Crippen LogP contribution >= 0.6 is 36.4 Å². The number of piperidine rings is 1. The summed E-state index contributed by atoms with van der Waals surface area (Å²) in [6.45, 7) is 5.88. The molecule has 2 heterocycles. The molecule has 0 unspecified atom stereocenters. The van der Waals surface area contributed by atoms with Crippen molar-refractivity contribution in [2.24, 2.45) is 5.92 Å². The van der Waals surface area contributed by atoms with E-state index in [-0.39, 0.29) is 30.6 Å². The highest BCUT2D eigenvalue weighted by molar-refractivity contribution is 7.91. The molecule has 2 aliphatic heterocycles. The monoisotopic (exact) mass is 608 g/mol. The fraction of sp³-hybridized carbons (Fsp3) is 0.419. The van der Waals surface area contributed by atoms with E-state index in [0.717, 1.165) is 76.4 Å². The van der Waals surface area contributed by atoms with E-state index in [1.165, 1.54) is 22.3 Å². The Hall–Kier alpha value is -1.60. The first kappa shape index (κ1) is 31.9. The van der Waals surface area contributed by atoms with Crippen molar-refractivity contribution in [2.75, 3.05) is 31.9 Å². The molecule has 0 N–H and O–H groups in total. The number of rotatable bonds is 8. The maximum absolute atomic E-state index is 13.3. The lowest BCUT2D eigenvalue weighted by atomic mass is 9.94. The summed E-state index contributed by atoms with van der Waals surface area (Å²) in [7, 11) is -3.27. The number of sulfone groups is 1. The third kappa shape index (κ3) is 8.94. The van der Waals surface area contributed by atoms with Crippen molar-refractivity contribution in [3.05, 3.63) is 100 Å². The number of fused-ring (bicyclic) bond motifs is 1. The molecular weight excluding hydrogens is 571 g/mol. The van der Waals surface area contributed by atoms with Gasteiger partial charge in [-0.1, -0.05) is 60.1 Å². The normalized spacial score (nSPS) is 16.9. The molecule has 0 radical (unpaired) electrons. The van der Waals surface area contributed by atoms with Gasteiger partial charge in [-0.25, -0.2) is 8.42 Å². The molecule has 0 bridgehead atoms. The maximum atomic E-state index is 13.3. The summed E-state index contributed by atoms with van der Waals surface area (Å²) in [5, 5.41) is 0.767. The minimum Gasteiger partial charge on any atom is -0.299 e. The molecule has 2 aliphatic rings. The zero-order chi connectivity index (χ0) is 25.7. The van der Waals surface area contributed by atoms with Gasteiger partial charge in [0.15, 0.2) is 9.84 Å². The van der Waals surface area contributed by atoms with Gasteiger partial charge in [0.25, 0.3) is 0 Å². The standard InChI is InChI=1S/C31H37ClN2O2S.2ClH/c32-30-9-6-27(7-10-30)24-33-17-12-25(13-18-33)16-21-37(35,36)31-11-8-28-14-19-34(20-15-29(28)22-31)23-26-4-2-1-3-5-26;;/h1-11,22,25H,12-21,23-24H2;2*1H. The summed E-state index contributed by atoms with van der Waals surface area (Å²) in [4.78, 5) is 5.44. The molecule has 0 amide bonds.